The lowest BCUT2D eigenvalue weighted by molar-refractivity contribution is -0.0590. The molecule has 84 valence electrons. The third kappa shape index (κ3) is 2.58. The van der Waals surface area contributed by atoms with Crippen LogP contribution in [-0.2, 0) is 18.4 Å². The van der Waals surface area contributed by atoms with Crippen molar-refractivity contribution in [2.75, 3.05) is 13.1 Å². The number of hydrogen-bond acceptors (Lipinski definition) is 3. The average Bonchev–Trinajstić information content (AvgIpc) is 2.62. The van der Waals surface area contributed by atoms with Crippen molar-refractivity contribution in [1.29, 1.82) is 0 Å². The highest BCUT2D eigenvalue weighted by atomic mass is 16.5. The second-order valence-corrected chi connectivity index (χ2v) is 4.51. The van der Waals surface area contributed by atoms with E-state index in [-0.39, 0.29) is 5.60 Å². The van der Waals surface area contributed by atoms with E-state index in [9.17, 15) is 0 Å². The second-order valence-electron chi connectivity index (χ2n) is 4.51. The predicted molar refractivity (Wildman–Crippen MR) is 58.5 cm³/mol. The lowest BCUT2D eigenvalue weighted by atomic mass is 9.96. The van der Waals surface area contributed by atoms with E-state index in [0.717, 1.165) is 25.2 Å². The van der Waals surface area contributed by atoms with Crippen LogP contribution in [0.2, 0.25) is 0 Å². The fourth-order valence-electron chi connectivity index (χ4n) is 1.92. The molecule has 1 aliphatic heterocycles. The van der Waals surface area contributed by atoms with Gasteiger partial charge in [0.05, 0.1) is 30.4 Å². The van der Waals surface area contributed by atoms with Crippen LogP contribution in [0.4, 0.5) is 0 Å². The number of rotatable bonds is 3. The van der Waals surface area contributed by atoms with Crippen LogP contribution in [0.15, 0.2) is 12.5 Å². The Morgan fingerprint density at radius 2 is 2.53 bits per heavy atom. The molecule has 1 N–H and O–H groups in total. The summed E-state index contributed by atoms with van der Waals surface area (Å²) < 4.78 is 7.97. The first-order chi connectivity index (χ1) is 7.20. The minimum atomic E-state index is -0.0114. The van der Waals surface area contributed by atoms with Crippen LogP contribution >= 0.6 is 0 Å². The molecule has 0 aromatic carbocycles. The Bertz CT molecular complexity index is 315. The lowest BCUT2D eigenvalue weighted by Crippen LogP contribution is -2.45. The van der Waals surface area contributed by atoms with Crippen molar-refractivity contribution >= 4 is 0 Å². The minimum Gasteiger partial charge on any atom is -0.368 e. The number of nitrogens with zero attached hydrogens (tertiary/aromatic N) is 2. The molecular formula is C11H19N3O. The van der Waals surface area contributed by atoms with Gasteiger partial charge in [0, 0.05) is 13.6 Å². The number of aryl methyl sites for hydroxylation is 1. The SMILES string of the molecule is Cn1cncc1COC1(C)CCCNC1. The zero-order chi connectivity index (χ0) is 10.7. The number of aromatic nitrogens is 2. The molecule has 1 unspecified atom stereocenters. The van der Waals surface area contributed by atoms with Crippen LogP contribution in [0.3, 0.4) is 0 Å². The van der Waals surface area contributed by atoms with E-state index in [1.54, 1.807) is 6.33 Å². The number of piperidine rings is 1. The van der Waals surface area contributed by atoms with Crippen molar-refractivity contribution in [3.05, 3.63) is 18.2 Å². The highest BCUT2D eigenvalue weighted by molar-refractivity contribution is 4.96. The van der Waals surface area contributed by atoms with Gasteiger partial charge in [-0.2, -0.15) is 0 Å². The summed E-state index contributed by atoms with van der Waals surface area (Å²) in [4.78, 5) is 4.08. The van der Waals surface area contributed by atoms with Crippen LogP contribution in [0.25, 0.3) is 0 Å². The summed E-state index contributed by atoms with van der Waals surface area (Å²) in [6.07, 6.45) is 6.00. The van der Waals surface area contributed by atoms with Gasteiger partial charge in [-0.1, -0.05) is 0 Å². The normalized spacial score (nSPS) is 26.8. The smallest absolute Gasteiger partial charge is 0.0946 e. The summed E-state index contributed by atoms with van der Waals surface area (Å²) in [6, 6.07) is 0. The molecule has 2 heterocycles. The van der Waals surface area contributed by atoms with E-state index in [1.807, 2.05) is 17.8 Å². The van der Waals surface area contributed by atoms with Crippen LogP contribution in [0, 0.1) is 0 Å². The van der Waals surface area contributed by atoms with Crippen molar-refractivity contribution in [3.63, 3.8) is 0 Å². The van der Waals surface area contributed by atoms with Crippen LogP contribution in [-0.4, -0.2) is 28.2 Å². The van der Waals surface area contributed by atoms with Gasteiger partial charge in [-0.05, 0) is 26.3 Å². The van der Waals surface area contributed by atoms with Gasteiger partial charge in [-0.25, -0.2) is 4.98 Å². The molecule has 1 aliphatic rings. The number of ether oxygens (including phenoxy) is 1. The summed E-state index contributed by atoms with van der Waals surface area (Å²) in [7, 11) is 1.99. The number of imidazole rings is 1. The zero-order valence-electron chi connectivity index (χ0n) is 9.49. The maximum Gasteiger partial charge on any atom is 0.0946 e. The summed E-state index contributed by atoms with van der Waals surface area (Å²) in [5, 5.41) is 3.37. The van der Waals surface area contributed by atoms with Gasteiger partial charge in [0.2, 0.25) is 0 Å². The van der Waals surface area contributed by atoms with Gasteiger partial charge in [-0.15, -0.1) is 0 Å². The number of hydrogen-bond donors (Lipinski definition) is 1. The molecule has 0 spiro atoms. The maximum absolute atomic E-state index is 5.97. The highest BCUT2D eigenvalue weighted by Gasteiger charge is 2.27. The molecule has 1 aromatic heterocycles. The quantitative estimate of drug-likeness (QED) is 0.809. The lowest BCUT2D eigenvalue weighted by Gasteiger charge is -2.34. The average molecular weight is 209 g/mol. The summed E-state index contributed by atoms with van der Waals surface area (Å²) in [5.41, 5.74) is 1.12. The van der Waals surface area contributed by atoms with Gasteiger partial charge in [-0.3, -0.25) is 0 Å². The highest BCUT2D eigenvalue weighted by Crippen LogP contribution is 2.21. The molecule has 0 saturated carbocycles. The third-order valence-electron chi connectivity index (χ3n) is 3.04. The molecule has 1 aromatic rings. The largest absolute Gasteiger partial charge is 0.368 e. The Labute approximate surface area is 90.6 Å². The molecule has 1 saturated heterocycles. The summed E-state index contributed by atoms with van der Waals surface area (Å²) in [5.74, 6) is 0. The first-order valence-corrected chi connectivity index (χ1v) is 5.49. The van der Waals surface area contributed by atoms with Gasteiger partial charge in [0.1, 0.15) is 0 Å². The minimum absolute atomic E-state index is 0.0114. The molecule has 1 fully saturated rings. The molecule has 2 rings (SSSR count). The van der Waals surface area contributed by atoms with E-state index in [1.165, 1.54) is 6.42 Å². The topological polar surface area (TPSA) is 39.1 Å². The van der Waals surface area contributed by atoms with Gasteiger partial charge < -0.3 is 14.6 Å². The van der Waals surface area contributed by atoms with Gasteiger partial charge in [0.25, 0.3) is 0 Å². The van der Waals surface area contributed by atoms with Gasteiger partial charge in [0.15, 0.2) is 0 Å². The van der Waals surface area contributed by atoms with E-state index >= 15 is 0 Å². The molecule has 4 nitrogen and oxygen atoms in total. The van der Waals surface area contributed by atoms with Crippen LogP contribution in [0.1, 0.15) is 25.5 Å². The van der Waals surface area contributed by atoms with Crippen molar-refractivity contribution in [2.45, 2.75) is 32.0 Å². The molecule has 0 amide bonds. The monoisotopic (exact) mass is 209 g/mol. The predicted octanol–water partition coefficient (Wildman–Crippen LogP) is 1.08. The van der Waals surface area contributed by atoms with E-state index in [0.29, 0.717) is 6.61 Å². The Morgan fingerprint density at radius 3 is 3.13 bits per heavy atom. The Kier molecular flexibility index (Phi) is 3.07. The molecule has 15 heavy (non-hydrogen) atoms. The van der Waals surface area contributed by atoms with Gasteiger partial charge >= 0.3 is 0 Å². The molecule has 4 heteroatoms. The number of nitrogens with one attached hydrogen (secondary N) is 1. The zero-order valence-corrected chi connectivity index (χ0v) is 9.49. The second kappa shape index (κ2) is 4.33. The van der Waals surface area contributed by atoms with E-state index in [2.05, 4.69) is 17.2 Å². The molecule has 0 aliphatic carbocycles. The Balaban J connectivity index is 1.89. The molecule has 0 bridgehead atoms. The fourth-order valence-corrected chi connectivity index (χ4v) is 1.92. The fraction of sp³-hybridized carbons (Fsp3) is 0.727. The molecule has 0 radical (unpaired) electrons. The summed E-state index contributed by atoms with van der Waals surface area (Å²) in [6.45, 7) is 4.89. The van der Waals surface area contributed by atoms with E-state index < -0.39 is 0 Å². The maximum atomic E-state index is 5.97. The molecular weight excluding hydrogens is 190 g/mol. The van der Waals surface area contributed by atoms with Crippen molar-refractivity contribution in [1.82, 2.24) is 14.9 Å². The standard InChI is InChI=1S/C11H19N3O/c1-11(4-3-5-12-8-11)15-7-10-6-13-9-14(10)2/h6,9,12H,3-5,7-8H2,1-2H3. The third-order valence-corrected chi connectivity index (χ3v) is 3.04. The first kappa shape index (κ1) is 10.6. The molecule has 1 atom stereocenters. The van der Waals surface area contributed by atoms with Crippen molar-refractivity contribution in [3.8, 4) is 0 Å². The Morgan fingerprint density at radius 1 is 1.67 bits per heavy atom. The van der Waals surface area contributed by atoms with Crippen molar-refractivity contribution in [2.24, 2.45) is 7.05 Å². The van der Waals surface area contributed by atoms with Crippen LogP contribution < -0.4 is 5.32 Å². The van der Waals surface area contributed by atoms with Crippen molar-refractivity contribution < 1.29 is 4.74 Å². The van der Waals surface area contributed by atoms with E-state index in [4.69, 9.17) is 4.74 Å². The summed E-state index contributed by atoms with van der Waals surface area (Å²) >= 11 is 0. The van der Waals surface area contributed by atoms with Crippen LogP contribution in [0.5, 0.6) is 0 Å². The first-order valence-electron chi connectivity index (χ1n) is 5.49. The Hall–Kier alpha value is -0.870.